The van der Waals surface area contributed by atoms with Crippen LogP contribution in [0.4, 0.5) is 0 Å². The van der Waals surface area contributed by atoms with Gasteiger partial charge in [-0.25, -0.2) is 15.0 Å². The largest absolute Gasteiger partial charge is 0.456 e. The molecule has 0 N–H and O–H groups in total. The smallest absolute Gasteiger partial charge is 0.164 e. The predicted octanol–water partition coefficient (Wildman–Crippen LogP) is 15.0. The molecule has 2 heterocycles. The fourth-order valence-corrected chi connectivity index (χ4v) is 10.3. The molecule has 1 fully saturated rings. The first-order chi connectivity index (χ1) is 30.2. The first kappa shape index (κ1) is 35.5. The normalized spacial score (nSPS) is 14.0. The van der Waals surface area contributed by atoms with E-state index in [-0.39, 0.29) is 5.41 Å². The summed E-state index contributed by atoms with van der Waals surface area (Å²) in [6.45, 7) is 0. The van der Waals surface area contributed by atoms with E-state index in [4.69, 9.17) is 19.4 Å². The van der Waals surface area contributed by atoms with Gasteiger partial charge in [0.1, 0.15) is 11.2 Å². The average Bonchev–Trinajstić information content (AvgIpc) is 3.85. The molecule has 0 bridgehead atoms. The Morgan fingerprint density at radius 2 is 0.869 bits per heavy atom. The van der Waals surface area contributed by atoms with Gasteiger partial charge >= 0.3 is 0 Å². The van der Waals surface area contributed by atoms with E-state index >= 15 is 0 Å². The van der Waals surface area contributed by atoms with Gasteiger partial charge in [-0.15, -0.1) is 0 Å². The van der Waals surface area contributed by atoms with Gasteiger partial charge in [0.15, 0.2) is 17.5 Å². The van der Waals surface area contributed by atoms with Gasteiger partial charge in [0, 0.05) is 32.9 Å². The van der Waals surface area contributed by atoms with Crippen LogP contribution in [-0.2, 0) is 5.41 Å². The monoisotopic (exact) mass is 783 g/mol. The molecule has 0 atom stereocenters. The molecule has 1 spiro atoms. The van der Waals surface area contributed by atoms with Crippen LogP contribution in [0.25, 0.3) is 101 Å². The first-order valence-electron chi connectivity index (χ1n) is 21.5. The molecular formula is C57H41N3O. The molecule has 0 saturated heterocycles. The number of hydrogen-bond donors (Lipinski definition) is 0. The molecule has 61 heavy (non-hydrogen) atoms. The number of para-hydroxylation sites is 1. The second-order valence-electron chi connectivity index (χ2n) is 16.6. The van der Waals surface area contributed by atoms with Crippen LogP contribution in [-0.4, -0.2) is 15.0 Å². The lowest BCUT2D eigenvalue weighted by Gasteiger charge is -2.37. The molecule has 4 heteroatoms. The Bertz CT molecular complexity index is 3280. The molecule has 0 unspecified atom stereocenters. The summed E-state index contributed by atoms with van der Waals surface area (Å²) in [7, 11) is 0. The Labute approximate surface area is 355 Å². The van der Waals surface area contributed by atoms with Gasteiger partial charge in [0.2, 0.25) is 0 Å². The van der Waals surface area contributed by atoms with Crippen molar-refractivity contribution in [2.24, 2.45) is 0 Å². The number of rotatable bonds is 6. The number of aromatic nitrogens is 3. The Hall–Kier alpha value is -7.43. The van der Waals surface area contributed by atoms with Crippen LogP contribution in [0.5, 0.6) is 0 Å². The molecule has 12 rings (SSSR count). The molecule has 10 aromatic rings. The zero-order valence-corrected chi connectivity index (χ0v) is 33.7. The third-order valence-corrected chi connectivity index (χ3v) is 13.1. The van der Waals surface area contributed by atoms with Gasteiger partial charge in [-0.05, 0) is 105 Å². The Morgan fingerprint density at radius 3 is 1.67 bits per heavy atom. The Morgan fingerprint density at radius 1 is 0.344 bits per heavy atom. The quantitative estimate of drug-likeness (QED) is 0.169. The summed E-state index contributed by atoms with van der Waals surface area (Å²) in [4.78, 5) is 15.5. The van der Waals surface area contributed by atoms with Crippen LogP contribution in [0.1, 0.15) is 43.2 Å². The Balaban J connectivity index is 0.962. The number of benzene rings is 8. The van der Waals surface area contributed by atoms with Crippen molar-refractivity contribution in [3.05, 3.63) is 199 Å². The summed E-state index contributed by atoms with van der Waals surface area (Å²) in [5.41, 5.74) is 17.6. The summed E-state index contributed by atoms with van der Waals surface area (Å²) >= 11 is 0. The van der Waals surface area contributed by atoms with Gasteiger partial charge in [0.05, 0.1) is 0 Å². The third-order valence-electron chi connectivity index (χ3n) is 13.1. The van der Waals surface area contributed by atoms with E-state index in [1.165, 1.54) is 71.0 Å². The lowest BCUT2D eigenvalue weighted by molar-refractivity contribution is 0.353. The van der Waals surface area contributed by atoms with Crippen LogP contribution < -0.4 is 0 Å². The number of furan rings is 1. The topological polar surface area (TPSA) is 51.8 Å². The molecule has 0 radical (unpaired) electrons. The summed E-state index contributed by atoms with van der Waals surface area (Å²) < 4.78 is 6.18. The minimum absolute atomic E-state index is 0.0713. The van der Waals surface area contributed by atoms with Crippen LogP contribution in [0.2, 0.25) is 0 Å². The van der Waals surface area contributed by atoms with Crippen molar-refractivity contribution in [2.45, 2.75) is 37.5 Å². The highest BCUT2D eigenvalue weighted by atomic mass is 16.3. The molecule has 2 aliphatic carbocycles. The van der Waals surface area contributed by atoms with E-state index < -0.39 is 0 Å². The van der Waals surface area contributed by atoms with Crippen LogP contribution in [0, 0.1) is 0 Å². The zero-order chi connectivity index (χ0) is 40.3. The van der Waals surface area contributed by atoms with E-state index in [1.807, 2.05) is 36.4 Å². The standard InChI is InChI=1S/C57H41N3O/c1-3-14-37(15-4-1)38-26-28-39(29-27-38)54-58-55(60-56(59-54)44-30-31-52-49(36-44)47-21-6-8-25-51(47)61-52)43-19-12-17-41(35-43)40-16-11-18-42(34-40)45-22-13-23-48-46-20-5-7-24-50(46)57(53(45)48)32-9-2-10-33-57/h1,3-8,11-31,34-36H,2,9-10,32-33H2. The van der Waals surface area contributed by atoms with Crippen LogP contribution >= 0.6 is 0 Å². The van der Waals surface area contributed by atoms with Gasteiger partial charge < -0.3 is 4.42 Å². The molecular weight excluding hydrogens is 743 g/mol. The first-order valence-corrected chi connectivity index (χ1v) is 21.5. The van der Waals surface area contributed by atoms with Gasteiger partial charge in [-0.2, -0.15) is 0 Å². The minimum Gasteiger partial charge on any atom is -0.456 e. The summed E-state index contributed by atoms with van der Waals surface area (Å²) in [6, 6.07) is 67.1. The predicted molar refractivity (Wildman–Crippen MR) is 249 cm³/mol. The average molecular weight is 784 g/mol. The highest BCUT2D eigenvalue weighted by Gasteiger charge is 2.45. The minimum atomic E-state index is 0.0713. The maximum Gasteiger partial charge on any atom is 0.164 e. The van der Waals surface area contributed by atoms with Gasteiger partial charge in [-0.3, -0.25) is 0 Å². The maximum atomic E-state index is 6.18. The summed E-state index contributed by atoms with van der Waals surface area (Å²) in [6.07, 6.45) is 6.26. The maximum absolute atomic E-state index is 6.18. The number of hydrogen-bond acceptors (Lipinski definition) is 4. The SMILES string of the molecule is c1ccc(-c2ccc(-c3nc(-c4cccc(-c5cccc(-c6cccc7c6C6(CCCCC6)c6ccccc6-7)c5)c4)nc(-c4ccc5oc6ccccc6c5c4)n3)cc2)cc1. The fourth-order valence-electron chi connectivity index (χ4n) is 10.3. The van der Waals surface area contributed by atoms with E-state index in [9.17, 15) is 0 Å². The number of nitrogens with zero attached hydrogens (tertiary/aromatic N) is 3. The molecule has 290 valence electrons. The van der Waals surface area contributed by atoms with E-state index in [0.717, 1.165) is 55.3 Å². The lowest BCUT2D eigenvalue weighted by Crippen LogP contribution is -2.28. The number of fused-ring (bicyclic) bond motifs is 8. The second kappa shape index (κ2) is 14.4. The molecule has 1 saturated carbocycles. The van der Waals surface area contributed by atoms with Crippen molar-refractivity contribution in [3.63, 3.8) is 0 Å². The lowest BCUT2D eigenvalue weighted by atomic mass is 9.66. The van der Waals surface area contributed by atoms with Crippen molar-refractivity contribution in [1.82, 2.24) is 15.0 Å². The van der Waals surface area contributed by atoms with Crippen molar-refractivity contribution in [2.75, 3.05) is 0 Å². The molecule has 2 aliphatic rings. The second-order valence-corrected chi connectivity index (χ2v) is 16.6. The molecule has 4 nitrogen and oxygen atoms in total. The molecule has 2 aromatic heterocycles. The van der Waals surface area contributed by atoms with Crippen LogP contribution in [0.3, 0.4) is 0 Å². The van der Waals surface area contributed by atoms with Crippen LogP contribution in [0.15, 0.2) is 192 Å². The van der Waals surface area contributed by atoms with Crippen molar-refractivity contribution in [3.8, 4) is 78.7 Å². The van der Waals surface area contributed by atoms with E-state index in [0.29, 0.717) is 17.5 Å². The Kier molecular flexibility index (Phi) is 8.38. The highest BCUT2D eigenvalue weighted by molar-refractivity contribution is 6.06. The van der Waals surface area contributed by atoms with Crippen molar-refractivity contribution >= 4 is 21.9 Å². The van der Waals surface area contributed by atoms with Crippen molar-refractivity contribution in [1.29, 1.82) is 0 Å². The third kappa shape index (κ3) is 6.01. The fraction of sp³-hybridized carbons (Fsp3) is 0.105. The zero-order valence-electron chi connectivity index (χ0n) is 33.7. The van der Waals surface area contributed by atoms with Gasteiger partial charge in [0.25, 0.3) is 0 Å². The van der Waals surface area contributed by atoms with Crippen molar-refractivity contribution < 1.29 is 4.42 Å². The molecule has 0 amide bonds. The summed E-state index contributed by atoms with van der Waals surface area (Å²) in [5, 5.41) is 2.10. The molecule has 0 aliphatic heterocycles. The van der Waals surface area contributed by atoms with E-state index in [2.05, 4.69) is 152 Å². The highest BCUT2D eigenvalue weighted by Crippen LogP contribution is 2.58. The van der Waals surface area contributed by atoms with E-state index in [1.54, 1.807) is 0 Å². The molecule has 8 aromatic carbocycles. The summed E-state index contributed by atoms with van der Waals surface area (Å²) in [5.74, 6) is 1.86. The van der Waals surface area contributed by atoms with Gasteiger partial charge in [-0.1, -0.05) is 171 Å².